The first-order valence-corrected chi connectivity index (χ1v) is 11.6. The predicted octanol–water partition coefficient (Wildman–Crippen LogP) is 4.16. The van der Waals surface area contributed by atoms with Gasteiger partial charge in [0.15, 0.2) is 5.82 Å². The lowest BCUT2D eigenvalue weighted by Crippen LogP contribution is -2.35. The number of aromatic nitrogens is 3. The van der Waals surface area contributed by atoms with Crippen molar-refractivity contribution < 1.29 is 4.74 Å². The van der Waals surface area contributed by atoms with Gasteiger partial charge in [-0.05, 0) is 42.7 Å². The molecule has 3 aromatic rings. The second-order valence-electron chi connectivity index (χ2n) is 8.16. The second-order valence-corrected chi connectivity index (χ2v) is 9.11. The van der Waals surface area contributed by atoms with E-state index in [-0.39, 0.29) is 5.56 Å². The Morgan fingerprint density at radius 2 is 2.10 bits per heavy atom. The molecule has 0 saturated heterocycles. The largest absolute Gasteiger partial charge is 0.474 e. The summed E-state index contributed by atoms with van der Waals surface area (Å²) >= 11 is 1.59. The normalized spacial score (nSPS) is 17.6. The van der Waals surface area contributed by atoms with Crippen LogP contribution in [-0.2, 0) is 19.5 Å². The molecule has 4 heterocycles. The molecule has 0 amide bonds. The third-order valence-electron chi connectivity index (χ3n) is 5.95. The van der Waals surface area contributed by atoms with Crippen molar-refractivity contribution >= 4 is 11.3 Å². The van der Waals surface area contributed by atoms with Crippen molar-refractivity contribution in [2.75, 3.05) is 6.54 Å². The standard InChI is InChI=1S/C23H26N4O2S/c28-23-18-15-27(11-10-19(18)25-22(26-23)20-7-4-12-30-20)14-16-8-9-21(24-13-16)29-17-5-2-1-3-6-17/h4,7-9,12-13,17H,1-3,5-6,10-11,14-15H2,(H,25,26,28). The number of ether oxygens (including phenoxy) is 1. The third-order valence-corrected chi connectivity index (χ3v) is 6.82. The summed E-state index contributed by atoms with van der Waals surface area (Å²) in [5.74, 6) is 1.40. The zero-order valence-electron chi connectivity index (χ0n) is 17.0. The van der Waals surface area contributed by atoms with E-state index >= 15 is 0 Å². The molecule has 1 aliphatic heterocycles. The fraction of sp³-hybridized carbons (Fsp3) is 0.435. The monoisotopic (exact) mass is 422 g/mol. The Morgan fingerprint density at radius 1 is 1.20 bits per heavy atom. The van der Waals surface area contributed by atoms with Gasteiger partial charge in [0.2, 0.25) is 5.88 Å². The fourth-order valence-electron chi connectivity index (χ4n) is 4.33. The van der Waals surface area contributed by atoms with Crippen LogP contribution in [0.15, 0.2) is 40.6 Å². The van der Waals surface area contributed by atoms with Crippen LogP contribution in [0.25, 0.3) is 10.7 Å². The lowest BCUT2D eigenvalue weighted by atomic mass is 9.98. The number of fused-ring (bicyclic) bond motifs is 1. The van der Waals surface area contributed by atoms with E-state index in [4.69, 9.17) is 9.72 Å². The van der Waals surface area contributed by atoms with Crippen molar-refractivity contribution in [1.29, 1.82) is 0 Å². The van der Waals surface area contributed by atoms with Gasteiger partial charge in [0.1, 0.15) is 6.10 Å². The van der Waals surface area contributed by atoms with Crippen molar-refractivity contribution in [2.24, 2.45) is 0 Å². The lowest BCUT2D eigenvalue weighted by molar-refractivity contribution is 0.148. The van der Waals surface area contributed by atoms with Gasteiger partial charge in [-0.2, -0.15) is 0 Å². The summed E-state index contributed by atoms with van der Waals surface area (Å²) in [6.45, 7) is 2.26. The number of thiophene rings is 1. The average Bonchev–Trinajstić information content (AvgIpc) is 3.31. The van der Waals surface area contributed by atoms with Crippen molar-refractivity contribution in [3.63, 3.8) is 0 Å². The van der Waals surface area contributed by atoms with Crippen LogP contribution in [0.2, 0.25) is 0 Å². The summed E-state index contributed by atoms with van der Waals surface area (Å²) in [5, 5.41) is 2.00. The van der Waals surface area contributed by atoms with Gasteiger partial charge in [0.25, 0.3) is 5.56 Å². The molecule has 0 unspecified atom stereocenters. The molecule has 0 bridgehead atoms. The molecular formula is C23H26N4O2S. The Labute approximate surface area is 180 Å². The van der Waals surface area contributed by atoms with Crippen LogP contribution in [0.3, 0.4) is 0 Å². The molecular weight excluding hydrogens is 396 g/mol. The summed E-state index contributed by atoms with van der Waals surface area (Å²) < 4.78 is 6.03. The van der Waals surface area contributed by atoms with E-state index in [1.807, 2.05) is 29.8 Å². The Bertz CT molecular complexity index is 1040. The van der Waals surface area contributed by atoms with E-state index in [0.29, 0.717) is 18.5 Å². The number of H-pyrrole nitrogens is 1. The highest BCUT2D eigenvalue weighted by Crippen LogP contribution is 2.24. The van der Waals surface area contributed by atoms with E-state index in [1.54, 1.807) is 11.3 Å². The number of pyridine rings is 1. The minimum atomic E-state index is -0.0255. The minimum Gasteiger partial charge on any atom is -0.474 e. The summed E-state index contributed by atoms with van der Waals surface area (Å²) in [5.41, 5.74) is 2.82. The van der Waals surface area contributed by atoms with E-state index in [2.05, 4.69) is 20.9 Å². The van der Waals surface area contributed by atoms with Crippen LogP contribution in [0.1, 0.15) is 48.9 Å². The maximum atomic E-state index is 12.7. The van der Waals surface area contributed by atoms with E-state index in [0.717, 1.165) is 59.9 Å². The van der Waals surface area contributed by atoms with Crippen molar-refractivity contribution in [1.82, 2.24) is 19.9 Å². The Hall–Kier alpha value is -2.51. The zero-order chi connectivity index (χ0) is 20.3. The van der Waals surface area contributed by atoms with Gasteiger partial charge in [-0.25, -0.2) is 9.97 Å². The molecule has 5 rings (SSSR count). The highest BCUT2D eigenvalue weighted by Gasteiger charge is 2.22. The van der Waals surface area contributed by atoms with Crippen LogP contribution in [0.4, 0.5) is 0 Å². The maximum absolute atomic E-state index is 12.7. The molecule has 0 radical (unpaired) electrons. The second kappa shape index (κ2) is 8.70. The highest BCUT2D eigenvalue weighted by atomic mass is 32.1. The molecule has 30 heavy (non-hydrogen) atoms. The SMILES string of the molecule is O=c1[nH]c(-c2cccs2)nc2c1CN(Cc1ccc(OC3CCCCC3)nc1)CC2. The number of nitrogens with one attached hydrogen (secondary N) is 1. The Balaban J connectivity index is 1.24. The average molecular weight is 423 g/mol. The number of hydrogen-bond acceptors (Lipinski definition) is 6. The summed E-state index contributed by atoms with van der Waals surface area (Å²) in [7, 11) is 0. The minimum absolute atomic E-state index is 0.0255. The van der Waals surface area contributed by atoms with Gasteiger partial charge in [-0.1, -0.05) is 18.6 Å². The first kappa shape index (κ1) is 19.5. The van der Waals surface area contributed by atoms with E-state index in [9.17, 15) is 4.79 Å². The molecule has 156 valence electrons. The molecule has 1 N–H and O–H groups in total. The number of nitrogens with zero attached hydrogens (tertiary/aromatic N) is 3. The maximum Gasteiger partial charge on any atom is 0.255 e. The molecule has 0 spiro atoms. The topological polar surface area (TPSA) is 71.1 Å². The molecule has 3 aromatic heterocycles. The number of aromatic amines is 1. The van der Waals surface area contributed by atoms with Gasteiger partial charge in [0, 0.05) is 38.3 Å². The van der Waals surface area contributed by atoms with Crippen LogP contribution >= 0.6 is 11.3 Å². The quantitative estimate of drug-likeness (QED) is 0.668. The first-order chi connectivity index (χ1) is 14.7. The number of hydrogen-bond donors (Lipinski definition) is 1. The van der Waals surface area contributed by atoms with Crippen molar-refractivity contribution in [3.8, 4) is 16.6 Å². The summed E-state index contributed by atoms with van der Waals surface area (Å²) in [6.07, 6.45) is 9.09. The van der Waals surface area contributed by atoms with Gasteiger partial charge >= 0.3 is 0 Å². The molecule has 1 saturated carbocycles. The highest BCUT2D eigenvalue weighted by molar-refractivity contribution is 7.13. The van der Waals surface area contributed by atoms with Crippen LogP contribution < -0.4 is 10.3 Å². The predicted molar refractivity (Wildman–Crippen MR) is 118 cm³/mol. The summed E-state index contributed by atoms with van der Waals surface area (Å²) in [6, 6.07) is 8.02. The third kappa shape index (κ3) is 4.32. The summed E-state index contributed by atoms with van der Waals surface area (Å²) in [4.78, 5) is 28.1. The lowest BCUT2D eigenvalue weighted by Gasteiger charge is -2.27. The van der Waals surface area contributed by atoms with Gasteiger partial charge in [0.05, 0.1) is 16.1 Å². The van der Waals surface area contributed by atoms with E-state index < -0.39 is 0 Å². The molecule has 0 atom stereocenters. The van der Waals surface area contributed by atoms with Crippen LogP contribution in [0, 0.1) is 0 Å². The van der Waals surface area contributed by atoms with E-state index in [1.165, 1.54) is 19.3 Å². The number of rotatable bonds is 5. The Kier molecular flexibility index (Phi) is 5.64. The van der Waals surface area contributed by atoms with Crippen LogP contribution in [0.5, 0.6) is 5.88 Å². The zero-order valence-corrected chi connectivity index (χ0v) is 17.8. The fourth-order valence-corrected chi connectivity index (χ4v) is 5.00. The molecule has 6 nitrogen and oxygen atoms in total. The molecule has 0 aromatic carbocycles. The van der Waals surface area contributed by atoms with Crippen molar-refractivity contribution in [3.05, 3.63) is 63.0 Å². The van der Waals surface area contributed by atoms with Gasteiger partial charge in [-0.3, -0.25) is 9.69 Å². The smallest absolute Gasteiger partial charge is 0.255 e. The molecule has 7 heteroatoms. The van der Waals surface area contributed by atoms with Gasteiger partial charge in [-0.15, -0.1) is 11.3 Å². The van der Waals surface area contributed by atoms with Crippen molar-refractivity contribution in [2.45, 2.75) is 57.7 Å². The van der Waals surface area contributed by atoms with Crippen LogP contribution in [-0.4, -0.2) is 32.5 Å². The molecule has 1 fully saturated rings. The molecule has 2 aliphatic rings. The van der Waals surface area contributed by atoms with Gasteiger partial charge < -0.3 is 9.72 Å². The first-order valence-electron chi connectivity index (χ1n) is 10.7. The molecule has 1 aliphatic carbocycles. The Morgan fingerprint density at radius 3 is 2.87 bits per heavy atom.